The summed E-state index contributed by atoms with van der Waals surface area (Å²) < 4.78 is 1.88. The SMILES string of the molecule is Cc1ccc(-n2nc(C)c3c(-c4ccccn4)c4c(nc32)CCCC4=O)cc1. The zero-order valence-corrected chi connectivity index (χ0v) is 15.9. The number of carbonyl (C=O) groups excluding carboxylic acids is 1. The van der Waals surface area contributed by atoms with Gasteiger partial charge in [0.05, 0.1) is 28.2 Å². The van der Waals surface area contributed by atoms with Crippen molar-refractivity contribution in [3.05, 3.63) is 71.2 Å². The lowest BCUT2D eigenvalue weighted by atomic mass is 9.88. The molecule has 3 aromatic heterocycles. The molecule has 1 aliphatic rings. The zero-order valence-electron chi connectivity index (χ0n) is 15.9. The molecule has 5 rings (SSSR count). The van der Waals surface area contributed by atoms with Crippen molar-refractivity contribution in [2.75, 3.05) is 0 Å². The number of aryl methyl sites for hydroxylation is 3. The van der Waals surface area contributed by atoms with Crippen molar-refractivity contribution in [1.29, 1.82) is 0 Å². The Morgan fingerprint density at radius 3 is 2.54 bits per heavy atom. The molecule has 1 aliphatic carbocycles. The third-order valence-electron chi connectivity index (χ3n) is 5.36. The Bertz CT molecular complexity index is 1210. The number of hydrogen-bond acceptors (Lipinski definition) is 4. The summed E-state index contributed by atoms with van der Waals surface area (Å²) in [5.41, 5.74) is 7.06. The quantitative estimate of drug-likeness (QED) is 0.518. The van der Waals surface area contributed by atoms with E-state index in [0.29, 0.717) is 6.42 Å². The fourth-order valence-corrected chi connectivity index (χ4v) is 4.02. The van der Waals surface area contributed by atoms with Crippen LogP contribution in [0.2, 0.25) is 0 Å². The lowest BCUT2D eigenvalue weighted by molar-refractivity contribution is 0.0972. The molecule has 0 N–H and O–H groups in total. The van der Waals surface area contributed by atoms with Crippen LogP contribution in [0, 0.1) is 13.8 Å². The van der Waals surface area contributed by atoms with Gasteiger partial charge in [-0.05, 0) is 51.0 Å². The van der Waals surface area contributed by atoms with Crippen molar-refractivity contribution >= 4 is 16.8 Å². The van der Waals surface area contributed by atoms with E-state index in [1.807, 2.05) is 41.9 Å². The summed E-state index contributed by atoms with van der Waals surface area (Å²) in [6, 6.07) is 14.0. The van der Waals surface area contributed by atoms with Gasteiger partial charge < -0.3 is 0 Å². The second-order valence-electron chi connectivity index (χ2n) is 7.33. The molecule has 0 fully saturated rings. The first-order chi connectivity index (χ1) is 13.6. The van der Waals surface area contributed by atoms with Crippen LogP contribution < -0.4 is 0 Å². The highest BCUT2D eigenvalue weighted by molar-refractivity contribution is 6.11. The molecule has 28 heavy (non-hydrogen) atoms. The van der Waals surface area contributed by atoms with Gasteiger partial charge in [-0.25, -0.2) is 9.67 Å². The monoisotopic (exact) mass is 368 g/mol. The molecular formula is C23H20N4O. The molecule has 1 aromatic carbocycles. The molecule has 0 atom stereocenters. The number of fused-ring (bicyclic) bond motifs is 2. The van der Waals surface area contributed by atoms with Gasteiger partial charge in [0.25, 0.3) is 0 Å². The molecular weight excluding hydrogens is 348 g/mol. The van der Waals surface area contributed by atoms with Gasteiger partial charge in [-0.1, -0.05) is 23.8 Å². The van der Waals surface area contributed by atoms with Gasteiger partial charge in [-0.2, -0.15) is 5.10 Å². The average molecular weight is 368 g/mol. The van der Waals surface area contributed by atoms with Crippen LogP contribution in [0.1, 0.15) is 40.2 Å². The lowest BCUT2D eigenvalue weighted by Crippen LogP contribution is -2.15. The van der Waals surface area contributed by atoms with Crippen molar-refractivity contribution < 1.29 is 4.79 Å². The predicted octanol–water partition coefficient (Wildman–Crippen LogP) is 4.62. The van der Waals surface area contributed by atoms with Crippen molar-refractivity contribution in [2.45, 2.75) is 33.1 Å². The molecule has 0 amide bonds. The number of hydrogen-bond donors (Lipinski definition) is 0. The van der Waals surface area contributed by atoms with Crippen LogP contribution in [-0.2, 0) is 6.42 Å². The molecule has 138 valence electrons. The Labute approximate surface area is 163 Å². The van der Waals surface area contributed by atoms with Gasteiger partial charge >= 0.3 is 0 Å². The molecule has 3 heterocycles. The van der Waals surface area contributed by atoms with E-state index >= 15 is 0 Å². The number of pyridine rings is 2. The summed E-state index contributed by atoms with van der Waals surface area (Å²) in [4.78, 5) is 22.3. The van der Waals surface area contributed by atoms with E-state index in [2.05, 4.69) is 24.0 Å². The number of rotatable bonds is 2. The molecule has 5 nitrogen and oxygen atoms in total. The Morgan fingerprint density at radius 2 is 1.79 bits per heavy atom. The minimum Gasteiger partial charge on any atom is -0.294 e. The van der Waals surface area contributed by atoms with Crippen LogP contribution in [0.3, 0.4) is 0 Å². The number of carbonyl (C=O) groups is 1. The van der Waals surface area contributed by atoms with Gasteiger partial charge in [-0.15, -0.1) is 0 Å². The molecule has 5 heteroatoms. The van der Waals surface area contributed by atoms with Crippen LogP contribution in [0.15, 0.2) is 48.7 Å². The summed E-state index contributed by atoms with van der Waals surface area (Å²) in [7, 11) is 0. The van der Waals surface area contributed by atoms with Crippen molar-refractivity contribution in [3.63, 3.8) is 0 Å². The van der Waals surface area contributed by atoms with E-state index in [1.165, 1.54) is 5.56 Å². The zero-order chi connectivity index (χ0) is 19.3. The van der Waals surface area contributed by atoms with Crippen LogP contribution in [0.5, 0.6) is 0 Å². The molecule has 0 saturated carbocycles. The highest BCUT2D eigenvalue weighted by atomic mass is 16.1. The van der Waals surface area contributed by atoms with Crippen molar-refractivity contribution in [2.24, 2.45) is 0 Å². The van der Waals surface area contributed by atoms with Gasteiger partial charge in [0.1, 0.15) is 0 Å². The fraction of sp³-hybridized carbons (Fsp3) is 0.217. The predicted molar refractivity (Wildman–Crippen MR) is 109 cm³/mol. The van der Waals surface area contributed by atoms with Crippen LogP contribution >= 0.6 is 0 Å². The topological polar surface area (TPSA) is 60.7 Å². The molecule has 0 saturated heterocycles. The van der Waals surface area contributed by atoms with Gasteiger partial charge in [0.15, 0.2) is 11.4 Å². The maximum absolute atomic E-state index is 12.9. The third-order valence-corrected chi connectivity index (χ3v) is 5.36. The Morgan fingerprint density at radius 1 is 0.964 bits per heavy atom. The van der Waals surface area contributed by atoms with E-state index in [4.69, 9.17) is 10.1 Å². The summed E-state index contributed by atoms with van der Waals surface area (Å²) in [6.45, 7) is 4.04. The molecule has 0 bridgehead atoms. The van der Waals surface area contributed by atoms with Crippen molar-refractivity contribution in [1.82, 2.24) is 19.7 Å². The lowest BCUT2D eigenvalue weighted by Gasteiger charge is -2.19. The number of benzene rings is 1. The minimum atomic E-state index is 0.152. The van der Waals surface area contributed by atoms with Gasteiger partial charge in [0, 0.05) is 23.7 Å². The van der Waals surface area contributed by atoms with Crippen LogP contribution in [-0.4, -0.2) is 25.5 Å². The Hall–Kier alpha value is -3.34. The normalized spacial score (nSPS) is 13.7. The second-order valence-corrected chi connectivity index (χ2v) is 7.33. The molecule has 0 unspecified atom stereocenters. The number of nitrogens with zero attached hydrogens (tertiary/aromatic N) is 4. The smallest absolute Gasteiger partial charge is 0.165 e. The fourth-order valence-electron chi connectivity index (χ4n) is 4.02. The highest BCUT2D eigenvalue weighted by Crippen LogP contribution is 2.37. The summed E-state index contributed by atoms with van der Waals surface area (Å²) in [5.74, 6) is 0.152. The number of Topliss-reactive ketones (excluding diaryl/α,β-unsaturated/α-hetero) is 1. The molecule has 0 spiro atoms. The average Bonchev–Trinajstić information content (AvgIpc) is 3.04. The largest absolute Gasteiger partial charge is 0.294 e. The summed E-state index contributed by atoms with van der Waals surface area (Å²) >= 11 is 0. The standard InChI is InChI=1S/C23H20N4O/c1-14-9-11-16(12-10-14)27-23-20(15(2)26-27)22(17-6-3-4-13-24-17)21-18(25-23)7-5-8-19(21)28/h3-4,6,9-13H,5,7-8H2,1-2H3. The Balaban J connectivity index is 1.89. The first kappa shape index (κ1) is 16.8. The summed E-state index contributed by atoms with van der Waals surface area (Å²) in [5, 5.41) is 5.70. The first-order valence-electron chi connectivity index (χ1n) is 9.57. The van der Waals surface area contributed by atoms with Crippen LogP contribution in [0.25, 0.3) is 28.0 Å². The molecule has 4 aromatic rings. The van der Waals surface area contributed by atoms with E-state index in [1.54, 1.807) is 6.20 Å². The molecule has 0 radical (unpaired) electrons. The second kappa shape index (κ2) is 6.37. The minimum absolute atomic E-state index is 0.152. The third kappa shape index (κ3) is 2.54. The summed E-state index contributed by atoms with van der Waals surface area (Å²) in [6.07, 6.45) is 3.96. The number of aromatic nitrogens is 4. The maximum atomic E-state index is 12.9. The van der Waals surface area contributed by atoms with E-state index in [-0.39, 0.29) is 5.78 Å². The first-order valence-corrected chi connectivity index (χ1v) is 9.57. The molecule has 0 aliphatic heterocycles. The van der Waals surface area contributed by atoms with Gasteiger partial charge in [-0.3, -0.25) is 9.78 Å². The van der Waals surface area contributed by atoms with E-state index in [9.17, 15) is 4.79 Å². The number of ketones is 1. The van der Waals surface area contributed by atoms with Gasteiger partial charge in [0.2, 0.25) is 0 Å². The van der Waals surface area contributed by atoms with E-state index in [0.717, 1.165) is 57.8 Å². The highest BCUT2D eigenvalue weighted by Gasteiger charge is 2.28. The Kier molecular flexibility index (Phi) is 3.83. The maximum Gasteiger partial charge on any atom is 0.165 e. The van der Waals surface area contributed by atoms with E-state index < -0.39 is 0 Å². The van der Waals surface area contributed by atoms with Crippen LogP contribution in [0.4, 0.5) is 0 Å². The van der Waals surface area contributed by atoms with Crippen molar-refractivity contribution in [3.8, 4) is 16.9 Å².